The molecule has 76 valence electrons. The third-order valence-electron chi connectivity index (χ3n) is 1.07. The standard InChI is InChI=1S/C7H13NO4S/c1-12-4-6(9)8-2-3-13-5-7(10)11/h2-5H2,1H3,(H,8,9)(H,10,11). The lowest BCUT2D eigenvalue weighted by Gasteiger charge is -2.02. The SMILES string of the molecule is COCC(=O)NCCSCC(=O)O. The second-order valence-electron chi connectivity index (χ2n) is 2.23. The summed E-state index contributed by atoms with van der Waals surface area (Å²) in [5, 5.41) is 10.9. The molecule has 0 aromatic carbocycles. The molecule has 0 aliphatic heterocycles. The van der Waals surface area contributed by atoms with Gasteiger partial charge in [-0.1, -0.05) is 0 Å². The summed E-state index contributed by atoms with van der Waals surface area (Å²) in [5.74, 6) is -0.353. The highest BCUT2D eigenvalue weighted by molar-refractivity contribution is 7.99. The maximum absolute atomic E-state index is 10.8. The Morgan fingerprint density at radius 2 is 2.23 bits per heavy atom. The van der Waals surface area contributed by atoms with Crippen LogP contribution < -0.4 is 5.32 Å². The normalized spacial score (nSPS) is 9.62. The minimum Gasteiger partial charge on any atom is -0.481 e. The van der Waals surface area contributed by atoms with Crippen molar-refractivity contribution in [3.8, 4) is 0 Å². The zero-order valence-electron chi connectivity index (χ0n) is 7.41. The van der Waals surface area contributed by atoms with Crippen molar-refractivity contribution in [2.24, 2.45) is 0 Å². The Hall–Kier alpha value is -0.750. The van der Waals surface area contributed by atoms with Crippen LogP contribution in [0.4, 0.5) is 0 Å². The van der Waals surface area contributed by atoms with E-state index >= 15 is 0 Å². The first-order valence-electron chi connectivity index (χ1n) is 3.72. The lowest BCUT2D eigenvalue weighted by atomic mass is 10.6. The fraction of sp³-hybridized carbons (Fsp3) is 0.714. The average Bonchev–Trinajstić information content (AvgIpc) is 2.03. The van der Waals surface area contributed by atoms with Gasteiger partial charge >= 0.3 is 5.97 Å². The van der Waals surface area contributed by atoms with E-state index in [1.807, 2.05) is 0 Å². The molecule has 5 nitrogen and oxygen atoms in total. The van der Waals surface area contributed by atoms with Crippen molar-refractivity contribution >= 4 is 23.6 Å². The molecule has 0 saturated carbocycles. The first-order valence-corrected chi connectivity index (χ1v) is 4.87. The van der Waals surface area contributed by atoms with Gasteiger partial charge in [0, 0.05) is 19.4 Å². The molecule has 1 amide bonds. The number of aliphatic carboxylic acids is 1. The van der Waals surface area contributed by atoms with Gasteiger partial charge in [-0.15, -0.1) is 11.8 Å². The van der Waals surface area contributed by atoms with Gasteiger partial charge in [0.2, 0.25) is 5.91 Å². The molecule has 0 aromatic rings. The fourth-order valence-electron chi connectivity index (χ4n) is 0.604. The number of rotatable bonds is 7. The van der Waals surface area contributed by atoms with Gasteiger partial charge in [0.15, 0.2) is 0 Å². The smallest absolute Gasteiger partial charge is 0.313 e. The molecule has 0 heterocycles. The van der Waals surface area contributed by atoms with Gasteiger partial charge < -0.3 is 15.2 Å². The van der Waals surface area contributed by atoms with E-state index in [1.54, 1.807) is 0 Å². The summed E-state index contributed by atoms with van der Waals surface area (Å²) >= 11 is 1.27. The van der Waals surface area contributed by atoms with Crippen molar-refractivity contribution in [2.45, 2.75) is 0 Å². The van der Waals surface area contributed by atoms with Crippen molar-refractivity contribution < 1.29 is 19.4 Å². The van der Waals surface area contributed by atoms with E-state index in [-0.39, 0.29) is 18.3 Å². The quantitative estimate of drug-likeness (QED) is 0.554. The van der Waals surface area contributed by atoms with E-state index in [0.717, 1.165) is 0 Å². The van der Waals surface area contributed by atoms with E-state index < -0.39 is 5.97 Å². The third kappa shape index (κ3) is 9.16. The Labute approximate surface area is 80.8 Å². The van der Waals surface area contributed by atoms with Crippen LogP contribution in [0.3, 0.4) is 0 Å². The van der Waals surface area contributed by atoms with Crippen molar-refractivity contribution in [3.63, 3.8) is 0 Å². The first kappa shape index (κ1) is 12.2. The number of carboxylic acids is 1. The maximum atomic E-state index is 10.8. The second-order valence-corrected chi connectivity index (χ2v) is 3.33. The Bertz CT molecular complexity index is 174. The van der Waals surface area contributed by atoms with Crippen molar-refractivity contribution in [2.75, 3.05) is 31.8 Å². The lowest BCUT2D eigenvalue weighted by molar-refractivity contribution is -0.133. The number of thioether (sulfide) groups is 1. The summed E-state index contributed by atoms with van der Waals surface area (Å²) in [7, 11) is 1.44. The molecule has 0 saturated heterocycles. The molecule has 0 radical (unpaired) electrons. The number of nitrogens with one attached hydrogen (secondary N) is 1. The highest BCUT2D eigenvalue weighted by atomic mass is 32.2. The number of hydrogen-bond acceptors (Lipinski definition) is 4. The van der Waals surface area contributed by atoms with E-state index in [2.05, 4.69) is 10.1 Å². The van der Waals surface area contributed by atoms with Gasteiger partial charge in [0.25, 0.3) is 0 Å². The molecule has 0 spiro atoms. The van der Waals surface area contributed by atoms with Crippen LogP contribution in [0.5, 0.6) is 0 Å². The molecule has 0 rings (SSSR count). The monoisotopic (exact) mass is 207 g/mol. The Balaban J connectivity index is 3.16. The summed E-state index contributed by atoms with van der Waals surface area (Å²) in [5.41, 5.74) is 0. The highest BCUT2D eigenvalue weighted by Gasteiger charge is 1.99. The van der Waals surface area contributed by atoms with Gasteiger partial charge in [-0.25, -0.2) is 0 Å². The summed E-state index contributed by atoms with van der Waals surface area (Å²) in [4.78, 5) is 20.8. The van der Waals surface area contributed by atoms with Crippen molar-refractivity contribution in [3.05, 3.63) is 0 Å². The number of carboxylic acid groups (broad SMARTS) is 1. The number of carbonyl (C=O) groups is 2. The summed E-state index contributed by atoms with van der Waals surface area (Å²) in [6.45, 7) is 0.518. The number of methoxy groups -OCH3 is 1. The molecule has 0 atom stereocenters. The van der Waals surface area contributed by atoms with Gasteiger partial charge in [-0.3, -0.25) is 9.59 Å². The lowest BCUT2D eigenvalue weighted by Crippen LogP contribution is -2.29. The molecule has 13 heavy (non-hydrogen) atoms. The van der Waals surface area contributed by atoms with Crippen LogP contribution in [0, 0.1) is 0 Å². The fourth-order valence-corrected chi connectivity index (χ4v) is 1.17. The minimum absolute atomic E-state index is 0.0452. The zero-order chi connectivity index (χ0) is 10.1. The molecule has 0 aromatic heterocycles. The highest BCUT2D eigenvalue weighted by Crippen LogP contribution is 1.96. The van der Waals surface area contributed by atoms with Crippen molar-refractivity contribution in [1.82, 2.24) is 5.32 Å². The van der Waals surface area contributed by atoms with Crippen molar-refractivity contribution in [1.29, 1.82) is 0 Å². The predicted molar refractivity (Wildman–Crippen MR) is 49.8 cm³/mol. The van der Waals surface area contributed by atoms with Crippen LogP contribution in [-0.2, 0) is 14.3 Å². The maximum Gasteiger partial charge on any atom is 0.313 e. The Morgan fingerprint density at radius 1 is 1.54 bits per heavy atom. The predicted octanol–water partition coefficient (Wildman–Crippen LogP) is -0.433. The van der Waals surface area contributed by atoms with Crippen LogP contribution in [0.1, 0.15) is 0 Å². The third-order valence-corrected chi connectivity index (χ3v) is 2.01. The Morgan fingerprint density at radius 3 is 2.77 bits per heavy atom. The van der Waals surface area contributed by atoms with E-state index in [9.17, 15) is 9.59 Å². The van der Waals surface area contributed by atoms with Gasteiger partial charge in [0.1, 0.15) is 6.61 Å². The first-order chi connectivity index (χ1) is 6.16. The van der Waals surface area contributed by atoms with Crippen LogP contribution >= 0.6 is 11.8 Å². The summed E-state index contributed by atoms with van der Waals surface area (Å²) in [6, 6.07) is 0. The van der Waals surface area contributed by atoms with Crippen LogP contribution in [-0.4, -0.2) is 48.8 Å². The number of ether oxygens (including phenoxy) is 1. The Kier molecular flexibility index (Phi) is 7.42. The zero-order valence-corrected chi connectivity index (χ0v) is 8.23. The van der Waals surface area contributed by atoms with Crippen LogP contribution in [0.15, 0.2) is 0 Å². The molecule has 6 heteroatoms. The molecular formula is C7H13NO4S. The van der Waals surface area contributed by atoms with Gasteiger partial charge in [-0.05, 0) is 0 Å². The summed E-state index contributed by atoms with van der Waals surface area (Å²) in [6.07, 6.45) is 0. The van der Waals surface area contributed by atoms with E-state index in [1.165, 1.54) is 18.9 Å². The molecule has 0 bridgehead atoms. The number of amides is 1. The largest absolute Gasteiger partial charge is 0.481 e. The van der Waals surface area contributed by atoms with Gasteiger partial charge in [0.05, 0.1) is 5.75 Å². The molecule has 0 fully saturated rings. The molecule has 0 unspecified atom stereocenters. The molecule has 0 aliphatic rings. The topological polar surface area (TPSA) is 75.6 Å². The average molecular weight is 207 g/mol. The van der Waals surface area contributed by atoms with Crippen LogP contribution in [0.2, 0.25) is 0 Å². The molecular weight excluding hydrogens is 194 g/mol. The molecule has 2 N–H and O–H groups in total. The van der Waals surface area contributed by atoms with E-state index in [4.69, 9.17) is 5.11 Å². The van der Waals surface area contributed by atoms with E-state index in [0.29, 0.717) is 12.3 Å². The molecule has 0 aliphatic carbocycles. The minimum atomic E-state index is -0.840. The van der Waals surface area contributed by atoms with Crippen LogP contribution in [0.25, 0.3) is 0 Å². The summed E-state index contributed by atoms with van der Waals surface area (Å²) < 4.78 is 4.59. The second kappa shape index (κ2) is 7.88. The number of carbonyl (C=O) groups excluding carboxylic acids is 1. The van der Waals surface area contributed by atoms with Gasteiger partial charge in [-0.2, -0.15) is 0 Å². The number of hydrogen-bond donors (Lipinski definition) is 2.